The Labute approximate surface area is 255 Å². The average Bonchev–Trinajstić information content (AvgIpc) is 3.31. The highest BCUT2D eigenvalue weighted by atomic mass is 16.6. The van der Waals surface area contributed by atoms with Gasteiger partial charge in [-0.25, -0.2) is 9.59 Å². The number of hydrogen-bond acceptors (Lipinski definition) is 6. The molecule has 8 heteroatoms. The van der Waals surface area contributed by atoms with Gasteiger partial charge < -0.3 is 24.8 Å². The molecule has 2 rings (SSSR count). The molecule has 0 aliphatic carbocycles. The lowest BCUT2D eigenvalue weighted by Gasteiger charge is -2.29. The van der Waals surface area contributed by atoms with Gasteiger partial charge in [-0.2, -0.15) is 0 Å². The number of pyridine rings is 1. The normalized spacial score (nSPS) is 19.9. The van der Waals surface area contributed by atoms with Crippen LogP contribution in [0, 0.1) is 0 Å². The van der Waals surface area contributed by atoms with Crippen molar-refractivity contribution < 1.29 is 23.8 Å². The molecule has 0 saturated carbocycles. The van der Waals surface area contributed by atoms with Crippen molar-refractivity contribution in [2.24, 2.45) is 0 Å². The first kappa shape index (κ1) is 35.8. The first-order chi connectivity index (χ1) is 20.3. The summed E-state index contributed by atoms with van der Waals surface area (Å²) in [5.41, 5.74) is -0.464. The zero-order valence-corrected chi connectivity index (χ0v) is 26.9. The fraction of sp³-hybridized carbons (Fsp3) is 0.794. The van der Waals surface area contributed by atoms with Crippen LogP contribution in [0.25, 0.3) is 0 Å². The lowest BCUT2D eigenvalue weighted by atomic mass is 9.99. The Morgan fingerprint density at radius 1 is 0.738 bits per heavy atom. The molecule has 42 heavy (non-hydrogen) atoms. The van der Waals surface area contributed by atoms with Gasteiger partial charge in [0.25, 0.3) is 0 Å². The van der Waals surface area contributed by atoms with Crippen LogP contribution in [0.5, 0.6) is 0 Å². The minimum Gasteiger partial charge on any atom is -0.447 e. The van der Waals surface area contributed by atoms with Crippen LogP contribution < -0.4 is 10.6 Å². The molecule has 2 amide bonds. The summed E-state index contributed by atoms with van der Waals surface area (Å²) in [6.07, 6.45) is 23.5. The second kappa shape index (κ2) is 21.4. The summed E-state index contributed by atoms with van der Waals surface area (Å²) >= 11 is 0. The molecule has 0 spiro atoms. The summed E-state index contributed by atoms with van der Waals surface area (Å²) in [5, 5.41) is 5.56. The third-order valence-electron chi connectivity index (χ3n) is 8.13. The van der Waals surface area contributed by atoms with Crippen molar-refractivity contribution in [1.82, 2.24) is 15.6 Å². The molecular formula is C34H59N3O5. The van der Waals surface area contributed by atoms with Gasteiger partial charge in [-0.05, 0) is 45.2 Å². The van der Waals surface area contributed by atoms with Gasteiger partial charge in [0.2, 0.25) is 0 Å². The molecule has 1 fully saturated rings. The summed E-state index contributed by atoms with van der Waals surface area (Å²) in [7, 11) is 0. The van der Waals surface area contributed by atoms with Gasteiger partial charge in [0, 0.05) is 12.7 Å². The smallest absolute Gasteiger partial charge is 0.407 e. The standard InChI is InChI=1S/C34H59N3O5/c1-4-5-6-7-8-9-10-11-12-13-14-15-16-17-18-20-26-36-31(38)40-28-33(2)23-24-34(3,42-33)29-41-32(39)37-27-30-22-19-21-25-35-30/h19,21-22,25H,4-18,20,23-24,26-29H2,1-3H3,(H,36,38)(H,37,39). The van der Waals surface area contributed by atoms with Crippen molar-refractivity contribution >= 4 is 12.2 Å². The van der Waals surface area contributed by atoms with Crippen molar-refractivity contribution in [3.63, 3.8) is 0 Å². The number of alkyl carbamates (subject to hydrolysis) is 2. The highest BCUT2D eigenvalue weighted by Gasteiger charge is 2.45. The van der Waals surface area contributed by atoms with Gasteiger partial charge in [0.15, 0.2) is 0 Å². The van der Waals surface area contributed by atoms with E-state index in [0.29, 0.717) is 19.5 Å². The van der Waals surface area contributed by atoms with Crippen LogP contribution in [0.3, 0.4) is 0 Å². The van der Waals surface area contributed by atoms with E-state index in [1.54, 1.807) is 6.20 Å². The molecule has 1 aromatic heterocycles. The van der Waals surface area contributed by atoms with Crippen LogP contribution in [-0.4, -0.2) is 48.1 Å². The van der Waals surface area contributed by atoms with E-state index in [1.165, 1.54) is 89.9 Å². The predicted molar refractivity (Wildman–Crippen MR) is 168 cm³/mol. The number of amides is 2. The molecule has 240 valence electrons. The monoisotopic (exact) mass is 589 g/mol. The largest absolute Gasteiger partial charge is 0.447 e. The molecule has 0 bridgehead atoms. The minimum absolute atomic E-state index is 0.127. The zero-order chi connectivity index (χ0) is 30.4. The maximum absolute atomic E-state index is 12.2. The average molecular weight is 590 g/mol. The first-order valence-corrected chi connectivity index (χ1v) is 16.8. The number of aromatic nitrogens is 1. The van der Waals surface area contributed by atoms with Crippen molar-refractivity contribution in [2.45, 2.75) is 154 Å². The van der Waals surface area contributed by atoms with E-state index in [-0.39, 0.29) is 13.2 Å². The van der Waals surface area contributed by atoms with Crippen LogP contribution in [0.15, 0.2) is 24.4 Å². The fourth-order valence-electron chi connectivity index (χ4n) is 5.50. The quantitative estimate of drug-likeness (QED) is 0.124. The Bertz CT molecular complexity index is 855. The number of ether oxygens (including phenoxy) is 3. The molecule has 2 N–H and O–H groups in total. The van der Waals surface area contributed by atoms with E-state index < -0.39 is 23.4 Å². The zero-order valence-electron chi connectivity index (χ0n) is 26.9. The first-order valence-electron chi connectivity index (χ1n) is 16.8. The minimum atomic E-state index is -0.621. The number of hydrogen-bond donors (Lipinski definition) is 2. The van der Waals surface area contributed by atoms with Crippen LogP contribution in [0.4, 0.5) is 9.59 Å². The van der Waals surface area contributed by atoms with Crippen molar-refractivity contribution in [1.29, 1.82) is 0 Å². The maximum Gasteiger partial charge on any atom is 0.407 e. The lowest BCUT2D eigenvalue weighted by molar-refractivity contribution is -0.126. The molecule has 1 saturated heterocycles. The van der Waals surface area contributed by atoms with Crippen LogP contribution >= 0.6 is 0 Å². The Balaban J connectivity index is 1.40. The Hall–Kier alpha value is -2.35. The molecule has 2 atom stereocenters. The number of carbonyl (C=O) groups excluding carboxylic acids is 2. The van der Waals surface area contributed by atoms with Gasteiger partial charge in [-0.15, -0.1) is 0 Å². The molecule has 0 radical (unpaired) electrons. The van der Waals surface area contributed by atoms with E-state index in [2.05, 4.69) is 22.5 Å². The second-order valence-corrected chi connectivity index (χ2v) is 12.6. The Morgan fingerprint density at radius 2 is 1.21 bits per heavy atom. The van der Waals surface area contributed by atoms with Gasteiger partial charge in [0.05, 0.1) is 12.2 Å². The number of rotatable bonds is 23. The third kappa shape index (κ3) is 16.9. The van der Waals surface area contributed by atoms with Gasteiger partial charge in [-0.1, -0.05) is 109 Å². The summed E-state index contributed by atoms with van der Waals surface area (Å²) in [4.78, 5) is 28.5. The van der Waals surface area contributed by atoms with E-state index in [4.69, 9.17) is 14.2 Å². The number of nitrogens with zero attached hydrogens (tertiary/aromatic N) is 1. The molecule has 2 unspecified atom stereocenters. The molecule has 2 heterocycles. The Morgan fingerprint density at radius 3 is 1.69 bits per heavy atom. The highest BCUT2D eigenvalue weighted by molar-refractivity contribution is 5.67. The molecule has 1 aliphatic rings. The summed E-state index contributed by atoms with van der Waals surface area (Å²) in [5.74, 6) is 0. The van der Waals surface area contributed by atoms with E-state index in [9.17, 15) is 9.59 Å². The van der Waals surface area contributed by atoms with Crippen LogP contribution in [0.2, 0.25) is 0 Å². The molecule has 8 nitrogen and oxygen atoms in total. The van der Waals surface area contributed by atoms with Gasteiger partial charge in [-0.3, -0.25) is 4.98 Å². The molecule has 0 aromatic carbocycles. The number of nitrogens with one attached hydrogen (secondary N) is 2. The van der Waals surface area contributed by atoms with E-state index in [1.807, 2.05) is 32.0 Å². The topological polar surface area (TPSA) is 98.8 Å². The Kier molecular flexibility index (Phi) is 18.2. The van der Waals surface area contributed by atoms with E-state index >= 15 is 0 Å². The predicted octanol–water partition coefficient (Wildman–Crippen LogP) is 8.62. The lowest BCUT2D eigenvalue weighted by Crippen LogP contribution is -2.40. The van der Waals surface area contributed by atoms with E-state index in [0.717, 1.165) is 25.0 Å². The van der Waals surface area contributed by atoms with Crippen molar-refractivity contribution in [3.8, 4) is 0 Å². The molecular weight excluding hydrogens is 530 g/mol. The van der Waals surface area contributed by atoms with Crippen LogP contribution in [-0.2, 0) is 20.8 Å². The fourth-order valence-corrected chi connectivity index (χ4v) is 5.50. The second-order valence-electron chi connectivity index (χ2n) is 12.6. The molecule has 1 aromatic rings. The number of unbranched alkanes of at least 4 members (excludes halogenated alkanes) is 15. The van der Waals surface area contributed by atoms with Gasteiger partial charge >= 0.3 is 12.2 Å². The third-order valence-corrected chi connectivity index (χ3v) is 8.13. The van der Waals surface area contributed by atoms with Crippen LogP contribution in [0.1, 0.15) is 142 Å². The number of carbonyl (C=O) groups is 2. The summed E-state index contributed by atoms with van der Waals surface area (Å²) in [6, 6.07) is 5.53. The van der Waals surface area contributed by atoms with Gasteiger partial charge in [0.1, 0.15) is 24.4 Å². The van der Waals surface area contributed by atoms with Crippen molar-refractivity contribution in [2.75, 3.05) is 19.8 Å². The summed E-state index contributed by atoms with van der Waals surface area (Å²) in [6.45, 7) is 7.36. The molecule has 1 aliphatic heterocycles. The SMILES string of the molecule is CCCCCCCCCCCCCCCCCCNC(=O)OCC1(C)CCC(C)(COC(=O)NCc2ccccn2)O1. The maximum atomic E-state index is 12.2. The highest BCUT2D eigenvalue weighted by Crippen LogP contribution is 2.38. The summed E-state index contributed by atoms with van der Waals surface area (Å²) < 4.78 is 17.1. The van der Waals surface area contributed by atoms with Crippen molar-refractivity contribution in [3.05, 3.63) is 30.1 Å².